The summed E-state index contributed by atoms with van der Waals surface area (Å²) in [7, 11) is -3.56. The van der Waals surface area contributed by atoms with E-state index in [1.165, 1.54) is 0 Å². The second-order valence-electron chi connectivity index (χ2n) is 6.43. The van der Waals surface area contributed by atoms with Crippen LogP contribution >= 0.6 is 11.6 Å². The molecule has 152 valence electrons. The van der Waals surface area contributed by atoms with Crippen molar-refractivity contribution in [2.24, 2.45) is 0 Å². The summed E-state index contributed by atoms with van der Waals surface area (Å²) in [4.78, 5) is 0. The highest BCUT2D eigenvalue weighted by molar-refractivity contribution is 7.91. The number of nitrogens with one attached hydrogen (secondary N) is 1. The maximum absolute atomic E-state index is 12.4. The summed E-state index contributed by atoms with van der Waals surface area (Å²) < 4.78 is 34.8. The molecular formula is C21H17ClN4O3S. The highest BCUT2D eigenvalue weighted by Crippen LogP contribution is 2.22. The number of anilines is 1. The van der Waals surface area contributed by atoms with Crippen molar-refractivity contribution >= 4 is 27.3 Å². The molecule has 0 aliphatic carbocycles. The van der Waals surface area contributed by atoms with Gasteiger partial charge in [-0.1, -0.05) is 23.7 Å². The molecule has 2 aromatic carbocycles. The average molecular weight is 441 g/mol. The lowest BCUT2D eigenvalue weighted by Crippen LogP contribution is -2.14. The van der Waals surface area contributed by atoms with E-state index >= 15 is 0 Å². The van der Waals surface area contributed by atoms with Crippen molar-refractivity contribution in [2.45, 2.75) is 5.75 Å². The van der Waals surface area contributed by atoms with Gasteiger partial charge in [-0.3, -0.25) is 4.72 Å². The Morgan fingerprint density at radius 3 is 2.23 bits per heavy atom. The Hall–Kier alpha value is -3.36. The molecule has 0 aliphatic rings. The monoisotopic (exact) mass is 440 g/mol. The fourth-order valence-electron chi connectivity index (χ4n) is 2.72. The molecule has 2 aromatic heterocycles. The molecule has 4 rings (SSSR count). The zero-order valence-electron chi connectivity index (χ0n) is 15.6. The zero-order valence-corrected chi connectivity index (χ0v) is 17.2. The molecule has 0 aliphatic heterocycles. The van der Waals surface area contributed by atoms with Crippen molar-refractivity contribution in [3.8, 4) is 17.4 Å². The highest BCUT2D eigenvalue weighted by atomic mass is 35.5. The van der Waals surface area contributed by atoms with Crippen LogP contribution in [0.1, 0.15) is 5.56 Å². The molecule has 0 saturated carbocycles. The van der Waals surface area contributed by atoms with Crippen molar-refractivity contribution < 1.29 is 13.2 Å². The minimum atomic E-state index is -3.56. The second kappa shape index (κ2) is 8.56. The van der Waals surface area contributed by atoms with Gasteiger partial charge < -0.3 is 9.30 Å². The molecule has 9 heteroatoms. The van der Waals surface area contributed by atoms with Crippen molar-refractivity contribution in [1.29, 1.82) is 0 Å². The Kier molecular flexibility index (Phi) is 5.69. The molecule has 0 saturated heterocycles. The Bertz CT molecular complexity index is 1210. The first-order chi connectivity index (χ1) is 14.5. The Morgan fingerprint density at radius 1 is 0.900 bits per heavy atom. The molecule has 4 aromatic rings. The second-order valence-corrected chi connectivity index (χ2v) is 8.59. The smallest absolute Gasteiger partial charge is 0.238 e. The number of halogens is 1. The maximum Gasteiger partial charge on any atom is 0.238 e. The predicted octanol–water partition coefficient (Wildman–Crippen LogP) is 4.65. The van der Waals surface area contributed by atoms with Crippen molar-refractivity contribution in [1.82, 2.24) is 14.8 Å². The van der Waals surface area contributed by atoms with Crippen molar-refractivity contribution in [2.75, 3.05) is 4.72 Å². The van der Waals surface area contributed by atoms with E-state index in [0.717, 1.165) is 0 Å². The van der Waals surface area contributed by atoms with E-state index in [4.69, 9.17) is 16.3 Å². The van der Waals surface area contributed by atoms with Crippen LogP contribution in [0.15, 0.2) is 85.2 Å². The van der Waals surface area contributed by atoms with Gasteiger partial charge in [-0.2, -0.15) is 0 Å². The number of aromatic nitrogens is 3. The summed E-state index contributed by atoms with van der Waals surface area (Å²) in [6, 6.07) is 20.5. The molecular weight excluding hydrogens is 424 g/mol. The summed E-state index contributed by atoms with van der Waals surface area (Å²) in [5.41, 5.74) is 1.08. The molecule has 2 heterocycles. The first-order valence-corrected chi connectivity index (χ1v) is 11.0. The van der Waals surface area contributed by atoms with Crippen molar-refractivity contribution in [3.63, 3.8) is 0 Å². The van der Waals surface area contributed by atoms with E-state index in [2.05, 4.69) is 14.9 Å². The van der Waals surface area contributed by atoms with Gasteiger partial charge in [0.1, 0.15) is 5.75 Å². The van der Waals surface area contributed by atoms with Gasteiger partial charge in [0.05, 0.1) is 5.75 Å². The van der Waals surface area contributed by atoms with Crippen LogP contribution in [0, 0.1) is 0 Å². The van der Waals surface area contributed by atoms with E-state index in [0.29, 0.717) is 33.7 Å². The summed E-state index contributed by atoms with van der Waals surface area (Å²) in [5, 5.41) is 8.73. The fraction of sp³-hybridized carbons (Fsp3) is 0.0476. The highest BCUT2D eigenvalue weighted by Gasteiger charge is 2.12. The lowest BCUT2D eigenvalue weighted by molar-refractivity contribution is 0.454. The van der Waals surface area contributed by atoms with Gasteiger partial charge >= 0.3 is 0 Å². The molecule has 30 heavy (non-hydrogen) atoms. The molecule has 0 atom stereocenters. The minimum absolute atomic E-state index is 0.147. The minimum Gasteiger partial charge on any atom is -0.438 e. The van der Waals surface area contributed by atoms with Crippen LogP contribution in [0.5, 0.6) is 11.6 Å². The van der Waals surface area contributed by atoms with E-state index in [9.17, 15) is 8.42 Å². The average Bonchev–Trinajstić information content (AvgIpc) is 3.26. The molecule has 0 fully saturated rings. The van der Waals surface area contributed by atoms with E-state index in [1.54, 1.807) is 60.7 Å². The van der Waals surface area contributed by atoms with Gasteiger partial charge in [-0.15, -0.1) is 10.2 Å². The van der Waals surface area contributed by atoms with E-state index in [1.807, 2.05) is 29.1 Å². The van der Waals surface area contributed by atoms with Gasteiger partial charge in [0, 0.05) is 29.2 Å². The summed E-state index contributed by atoms with van der Waals surface area (Å²) in [5.74, 6) is 1.38. The third-order valence-electron chi connectivity index (χ3n) is 4.12. The SMILES string of the molecule is O=S(=O)(Cc1ccc(Cl)cc1)Nc1ccc(Oc2ccc(-n3cccc3)nn2)cc1. The van der Waals surface area contributed by atoms with Gasteiger partial charge in [0.15, 0.2) is 5.82 Å². The summed E-state index contributed by atoms with van der Waals surface area (Å²) in [6.07, 6.45) is 3.74. The molecule has 1 N–H and O–H groups in total. The van der Waals surface area contributed by atoms with Gasteiger partial charge in [0.2, 0.25) is 15.9 Å². The number of sulfonamides is 1. The van der Waals surface area contributed by atoms with Crippen LogP contribution in [-0.4, -0.2) is 23.2 Å². The number of nitrogens with zero attached hydrogens (tertiary/aromatic N) is 3. The largest absolute Gasteiger partial charge is 0.438 e. The van der Waals surface area contributed by atoms with Crippen LogP contribution in [-0.2, 0) is 15.8 Å². The van der Waals surface area contributed by atoms with Gasteiger partial charge in [-0.25, -0.2) is 8.42 Å². The standard InChI is InChI=1S/C21H17ClN4O3S/c22-17-5-3-16(4-6-17)15-30(27,28)25-18-7-9-19(10-8-18)29-21-12-11-20(23-24-21)26-13-1-2-14-26/h1-14,25H,15H2. The van der Waals surface area contributed by atoms with Crippen LogP contribution < -0.4 is 9.46 Å². The molecule has 0 amide bonds. The quantitative estimate of drug-likeness (QED) is 0.452. The van der Waals surface area contributed by atoms with Crippen LogP contribution in [0.2, 0.25) is 5.02 Å². The normalized spacial score (nSPS) is 11.2. The Balaban J connectivity index is 1.38. The first kappa shape index (κ1) is 19.9. The first-order valence-electron chi connectivity index (χ1n) is 8.97. The predicted molar refractivity (Wildman–Crippen MR) is 116 cm³/mol. The zero-order chi connectivity index (χ0) is 21.0. The lowest BCUT2D eigenvalue weighted by atomic mass is 10.2. The lowest BCUT2D eigenvalue weighted by Gasteiger charge is -2.10. The van der Waals surface area contributed by atoms with Crippen LogP contribution in [0.3, 0.4) is 0 Å². The van der Waals surface area contributed by atoms with Gasteiger partial charge in [-0.05, 0) is 60.2 Å². The number of ether oxygens (including phenoxy) is 1. The summed E-state index contributed by atoms with van der Waals surface area (Å²) in [6.45, 7) is 0. The van der Waals surface area contributed by atoms with Crippen molar-refractivity contribution in [3.05, 3.63) is 95.8 Å². The fourth-order valence-corrected chi connectivity index (χ4v) is 4.04. The van der Waals surface area contributed by atoms with Gasteiger partial charge in [0.25, 0.3) is 0 Å². The molecule has 0 spiro atoms. The number of rotatable bonds is 7. The third kappa shape index (κ3) is 5.16. The number of hydrogen-bond acceptors (Lipinski definition) is 5. The molecule has 0 unspecified atom stereocenters. The topological polar surface area (TPSA) is 86.1 Å². The molecule has 7 nitrogen and oxygen atoms in total. The number of benzene rings is 2. The number of hydrogen-bond donors (Lipinski definition) is 1. The van der Waals surface area contributed by atoms with Crippen LogP contribution in [0.25, 0.3) is 5.82 Å². The Morgan fingerprint density at radius 2 is 1.60 bits per heavy atom. The van der Waals surface area contributed by atoms with E-state index < -0.39 is 10.0 Å². The molecule has 0 radical (unpaired) electrons. The summed E-state index contributed by atoms with van der Waals surface area (Å²) >= 11 is 5.83. The maximum atomic E-state index is 12.4. The van der Waals surface area contributed by atoms with E-state index in [-0.39, 0.29) is 5.75 Å². The molecule has 0 bridgehead atoms. The Labute approximate surface area is 179 Å². The van der Waals surface area contributed by atoms with Crippen LogP contribution in [0.4, 0.5) is 5.69 Å². The third-order valence-corrected chi connectivity index (χ3v) is 5.63.